The summed E-state index contributed by atoms with van der Waals surface area (Å²) in [7, 11) is 0. The SMILES string of the molecule is Cc1cc(C)cc(Nc2ccc(C#N)cc2N)c1. The maximum atomic E-state index is 8.79. The summed E-state index contributed by atoms with van der Waals surface area (Å²) in [5.74, 6) is 0. The van der Waals surface area contributed by atoms with Gasteiger partial charge in [0, 0.05) is 5.69 Å². The molecule has 0 aliphatic heterocycles. The summed E-state index contributed by atoms with van der Waals surface area (Å²) in [5.41, 5.74) is 11.3. The molecular formula is C15H15N3. The molecule has 0 saturated carbocycles. The maximum absolute atomic E-state index is 8.79. The number of hydrogen-bond acceptors (Lipinski definition) is 3. The van der Waals surface area contributed by atoms with Crippen molar-refractivity contribution in [2.75, 3.05) is 11.1 Å². The maximum Gasteiger partial charge on any atom is 0.0992 e. The highest BCUT2D eigenvalue weighted by molar-refractivity contribution is 5.74. The van der Waals surface area contributed by atoms with Crippen molar-refractivity contribution in [3.63, 3.8) is 0 Å². The lowest BCUT2D eigenvalue weighted by atomic mass is 10.1. The van der Waals surface area contributed by atoms with Gasteiger partial charge < -0.3 is 11.1 Å². The molecule has 0 bridgehead atoms. The molecule has 0 atom stereocenters. The largest absolute Gasteiger partial charge is 0.397 e. The Morgan fingerprint density at radius 2 is 1.72 bits per heavy atom. The number of anilines is 3. The van der Waals surface area contributed by atoms with Gasteiger partial charge in [0.25, 0.3) is 0 Å². The Bertz CT molecular complexity index is 604. The van der Waals surface area contributed by atoms with Crippen LogP contribution in [0.1, 0.15) is 16.7 Å². The monoisotopic (exact) mass is 237 g/mol. The third-order valence-electron chi connectivity index (χ3n) is 2.68. The lowest BCUT2D eigenvalue weighted by molar-refractivity contribution is 1.37. The molecule has 90 valence electrons. The first-order valence-corrected chi connectivity index (χ1v) is 5.73. The minimum absolute atomic E-state index is 0.568. The molecular weight excluding hydrogens is 222 g/mol. The van der Waals surface area contributed by atoms with Gasteiger partial charge in [-0.1, -0.05) is 6.07 Å². The van der Waals surface area contributed by atoms with Crippen molar-refractivity contribution in [2.45, 2.75) is 13.8 Å². The zero-order valence-corrected chi connectivity index (χ0v) is 10.5. The summed E-state index contributed by atoms with van der Waals surface area (Å²) >= 11 is 0. The molecule has 0 heterocycles. The first-order chi connectivity index (χ1) is 8.58. The third-order valence-corrected chi connectivity index (χ3v) is 2.68. The van der Waals surface area contributed by atoms with Crippen molar-refractivity contribution >= 4 is 17.1 Å². The number of nitrogens with two attached hydrogens (primary N) is 1. The molecule has 3 nitrogen and oxygen atoms in total. The van der Waals surface area contributed by atoms with Crippen LogP contribution in [-0.2, 0) is 0 Å². The molecule has 3 heteroatoms. The number of benzene rings is 2. The Hall–Kier alpha value is -2.47. The third kappa shape index (κ3) is 2.61. The first-order valence-electron chi connectivity index (χ1n) is 5.73. The number of nitrogen functional groups attached to an aromatic ring is 1. The van der Waals surface area contributed by atoms with E-state index in [2.05, 4.69) is 43.4 Å². The van der Waals surface area contributed by atoms with Gasteiger partial charge in [0.05, 0.1) is 23.0 Å². The molecule has 0 unspecified atom stereocenters. The molecule has 0 aliphatic carbocycles. The summed E-state index contributed by atoms with van der Waals surface area (Å²) < 4.78 is 0. The molecule has 0 aromatic heterocycles. The molecule has 0 spiro atoms. The summed E-state index contributed by atoms with van der Waals surface area (Å²) in [6.07, 6.45) is 0. The van der Waals surface area contributed by atoms with Gasteiger partial charge >= 0.3 is 0 Å². The number of aryl methyl sites for hydroxylation is 2. The van der Waals surface area contributed by atoms with Gasteiger partial charge in [-0.25, -0.2) is 0 Å². The smallest absolute Gasteiger partial charge is 0.0992 e. The van der Waals surface area contributed by atoms with Gasteiger partial charge in [-0.3, -0.25) is 0 Å². The van der Waals surface area contributed by atoms with Crippen LogP contribution in [-0.4, -0.2) is 0 Å². The standard InChI is InChI=1S/C15H15N3/c1-10-5-11(2)7-13(6-10)18-15-4-3-12(9-16)8-14(15)17/h3-8,18H,17H2,1-2H3. The van der Waals surface area contributed by atoms with Crippen LogP contribution in [0.15, 0.2) is 36.4 Å². The van der Waals surface area contributed by atoms with Crippen LogP contribution in [0.2, 0.25) is 0 Å². The van der Waals surface area contributed by atoms with Gasteiger partial charge in [-0.2, -0.15) is 5.26 Å². The number of nitriles is 1. The molecule has 2 aromatic carbocycles. The van der Waals surface area contributed by atoms with Crippen molar-refractivity contribution in [2.24, 2.45) is 0 Å². The van der Waals surface area contributed by atoms with Gasteiger partial charge in [0.1, 0.15) is 0 Å². The second kappa shape index (κ2) is 4.80. The second-order valence-electron chi connectivity index (χ2n) is 4.42. The molecule has 0 saturated heterocycles. The molecule has 0 fully saturated rings. The fourth-order valence-electron chi connectivity index (χ4n) is 1.95. The topological polar surface area (TPSA) is 61.8 Å². The highest BCUT2D eigenvalue weighted by atomic mass is 14.9. The number of nitrogens with one attached hydrogen (secondary N) is 1. The van der Waals surface area contributed by atoms with E-state index in [-0.39, 0.29) is 0 Å². The van der Waals surface area contributed by atoms with E-state index in [0.29, 0.717) is 11.3 Å². The lowest BCUT2D eigenvalue weighted by Crippen LogP contribution is -1.97. The minimum Gasteiger partial charge on any atom is -0.397 e. The summed E-state index contributed by atoms with van der Waals surface area (Å²) in [6.45, 7) is 4.11. The molecule has 0 amide bonds. The van der Waals surface area contributed by atoms with E-state index >= 15 is 0 Å². The summed E-state index contributed by atoms with van der Waals surface area (Å²) in [4.78, 5) is 0. The Kier molecular flexibility index (Phi) is 3.20. The van der Waals surface area contributed by atoms with Crippen LogP contribution in [0, 0.1) is 25.2 Å². The van der Waals surface area contributed by atoms with E-state index < -0.39 is 0 Å². The Morgan fingerprint density at radius 1 is 1.06 bits per heavy atom. The van der Waals surface area contributed by atoms with Gasteiger partial charge in [-0.05, 0) is 55.3 Å². The van der Waals surface area contributed by atoms with E-state index in [1.807, 2.05) is 6.07 Å². The number of hydrogen-bond donors (Lipinski definition) is 2. The zero-order valence-electron chi connectivity index (χ0n) is 10.5. The predicted molar refractivity (Wildman–Crippen MR) is 74.8 cm³/mol. The van der Waals surface area contributed by atoms with Gasteiger partial charge in [0.2, 0.25) is 0 Å². The quantitative estimate of drug-likeness (QED) is 0.786. The minimum atomic E-state index is 0.568. The zero-order chi connectivity index (χ0) is 13.1. The lowest BCUT2D eigenvalue weighted by Gasteiger charge is -2.11. The molecule has 2 aromatic rings. The fourth-order valence-corrected chi connectivity index (χ4v) is 1.95. The van der Waals surface area contributed by atoms with Crippen molar-refractivity contribution in [1.82, 2.24) is 0 Å². The Morgan fingerprint density at radius 3 is 2.28 bits per heavy atom. The predicted octanol–water partition coefficient (Wildman–Crippen LogP) is 3.50. The van der Waals surface area contributed by atoms with Crippen LogP contribution in [0.5, 0.6) is 0 Å². The van der Waals surface area contributed by atoms with Crippen LogP contribution < -0.4 is 11.1 Å². The summed E-state index contributed by atoms with van der Waals surface area (Å²) in [6, 6.07) is 13.6. The first kappa shape index (κ1) is 12.0. The molecule has 0 aliphatic rings. The molecule has 18 heavy (non-hydrogen) atoms. The van der Waals surface area contributed by atoms with Gasteiger partial charge in [0.15, 0.2) is 0 Å². The molecule has 3 N–H and O–H groups in total. The average Bonchev–Trinajstić information content (AvgIpc) is 2.30. The van der Waals surface area contributed by atoms with Crippen molar-refractivity contribution < 1.29 is 0 Å². The van der Waals surface area contributed by atoms with E-state index in [1.54, 1.807) is 12.1 Å². The van der Waals surface area contributed by atoms with Crippen molar-refractivity contribution in [3.8, 4) is 6.07 Å². The number of rotatable bonds is 2. The van der Waals surface area contributed by atoms with Crippen molar-refractivity contribution in [3.05, 3.63) is 53.1 Å². The van der Waals surface area contributed by atoms with Crippen LogP contribution >= 0.6 is 0 Å². The van der Waals surface area contributed by atoms with Crippen LogP contribution in [0.3, 0.4) is 0 Å². The normalized spacial score (nSPS) is 9.83. The Balaban J connectivity index is 2.31. The molecule has 0 radical (unpaired) electrons. The molecule has 2 rings (SSSR count). The van der Waals surface area contributed by atoms with E-state index in [9.17, 15) is 0 Å². The van der Waals surface area contributed by atoms with Crippen molar-refractivity contribution in [1.29, 1.82) is 5.26 Å². The van der Waals surface area contributed by atoms with Crippen LogP contribution in [0.25, 0.3) is 0 Å². The highest BCUT2D eigenvalue weighted by Gasteiger charge is 2.02. The van der Waals surface area contributed by atoms with Crippen LogP contribution in [0.4, 0.5) is 17.1 Å². The highest BCUT2D eigenvalue weighted by Crippen LogP contribution is 2.25. The van der Waals surface area contributed by atoms with Gasteiger partial charge in [-0.15, -0.1) is 0 Å². The van der Waals surface area contributed by atoms with E-state index in [1.165, 1.54) is 11.1 Å². The summed E-state index contributed by atoms with van der Waals surface area (Å²) in [5, 5.41) is 12.1. The van der Waals surface area contributed by atoms with E-state index in [0.717, 1.165) is 11.4 Å². The number of nitrogens with zero attached hydrogens (tertiary/aromatic N) is 1. The Labute approximate surface area is 107 Å². The second-order valence-corrected chi connectivity index (χ2v) is 4.42. The van der Waals surface area contributed by atoms with E-state index in [4.69, 9.17) is 11.0 Å². The average molecular weight is 237 g/mol. The fraction of sp³-hybridized carbons (Fsp3) is 0.133.